The normalized spacial score (nSPS) is 11.5. The summed E-state index contributed by atoms with van der Waals surface area (Å²) in [6, 6.07) is 10.6. The van der Waals surface area contributed by atoms with E-state index in [1.54, 1.807) is 12.1 Å². The number of aliphatic hydroxyl groups excluding tert-OH is 1. The molecule has 2 aromatic rings. The molecule has 0 aliphatic carbocycles. The number of alkyl halides is 3. The predicted octanol–water partition coefficient (Wildman–Crippen LogP) is 5.78. The van der Waals surface area contributed by atoms with Crippen molar-refractivity contribution in [2.24, 2.45) is 0 Å². The molecule has 0 spiro atoms. The van der Waals surface area contributed by atoms with Crippen molar-refractivity contribution >= 4 is 0 Å². The highest BCUT2D eigenvalue weighted by Crippen LogP contribution is 2.30. The molecule has 0 aromatic heterocycles. The largest absolute Gasteiger partial charge is 0.493 e. The molecule has 2 aromatic carbocycles. The lowest BCUT2D eigenvalue weighted by atomic mass is 10.1. The zero-order valence-corrected chi connectivity index (χ0v) is 16.1. The van der Waals surface area contributed by atoms with Gasteiger partial charge >= 0.3 is 6.18 Å². The number of ether oxygens (including phenoxy) is 2. The Morgan fingerprint density at radius 2 is 1.79 bits per heavy atom. The molecule has 0 aliphatic heterocycles. The standard InChI is InChI=1S/C22H27F3O3/c1-2-3-4-8-18-15-20(10-11-21(18)27-13-6-12-26)28-16-17-7-5-9-19(14-17)22(23,24)25/h5,7,9-11,14-15,26H,2-4,6,8,12-13,16H2,1H3. The third-order valence-corrected chi connectivity index (χ3v) is 4.30. The predicted molar refractivity (Wildman–Crippen MR) is 103 cm³/mol. The minimum Gasteiger partial charge on any atom is -0.493 e. The van der Waals surface area contributed by atoms with E-state index in [4.69, 9.17) is 14.6 Å². The van der Waals surface area contributed by atoms with Gasteiger partial charge in [-0.25, -0.2) is 0 Å². The monoisotopic (exact) mass is 396 g/mol. The lowest BCUT2D eigenvalue weighted by molar-refractivity contribution is -0.137. The molecule has 0 fully saturated rings. The third-order valence-electron chi connectivity index (χ3n) is 4.30. The van der Waals surface area contributed by atoms with Crippen molar-refractivity contribution in [3.05, 3.63) is 59.2 Å². The van der Waals surface area contributed by atoms with Gasteiger partial charge in [-0.05, 0) is 54.3 Å². The van der Waals surface area contributed by atoms with E-state index in [9.17, 15) is 13.2 Å². The number of rotatable bonds is 11. The average Bonchev–Trinajstić information content (AvgIpc) is 2.67. The first-order valence-corrected chi connectivity index (χ1v) is 9.59. The molecule has 0 amide bonds. The first-order chi connectivity index (χ1) is 13.4. The Bertz CT molecular complexity index is 729. The van der Waals surface area contributed by atoms with Crippen LogP contribution in [0.5, 0.6) is 11.5 Å². The van der Waals surface area contributed by atoms with E-state index in [-0.39, 0.29) is 13.2 Å². The fourth-order valence-electron chi connectivity index (χ4n) is 2.80. The Balaban J connectivity index is 2.07. The van der Waals surface area contributed by atoms with Gasteiger partial charge in [0.2, 0.25) is 0 Å². The van der Waals surface area contributed by atoms with Crippen LogP contribution in [0, 0.1) is 0 Å². The Morgan fingerprint density at radius 3 is 2.50 bits per heavy atom. The van der Waals surface area contributed by atoms with Gasteiger partial charge in [-0.3, -0.25) is 0 Å². The Hall–Kier alpha value is -2.21. The van der Waals surface area contributed by atoms with Crippen LogP contribution in [-0.2, 0) is 19.2 Å². The maximum atomic E-state index is 12.8. The molecule has 2 rings (SSSR count). The van der Waals surface area contributed by atoms with Crippen molar-refractivity contribution in [3.8, 4) is 11.5 Å². The summed E-state index contributed by atoms with van der Waals surface area (Å²) < 4.78 is 50.0. The van der Waals surface area contributed by atoms with Gasteiger partial charge in [-0.15, -0.1) is 0 Å². The van der Waals surface area contributed by atoms with Gasteiger partial charge < -0.3 is 14.6 Å². The summed E-state index contributed by atoms with van der Waals surface area (Å²) in [6.07, 6.45) is 0.253. The highest BCUT2D eigenvalue weighted by Gasteiger charge is 2.30. The Kier molecular flexibility index (Phi) is 8.64. The Morgan fingerprint density at radius 1 is 0.964 bits per heavy atom. The number of hydrogen-bond donors (Lipinski definition) is 1. The molecular formula is C22H27F3O3. The van der Waals surface area contributed by atoms with Crippen LogP contribution in [0.4, 0.5) is 13.2 Å². The molecular weight excluding hydrogens is 369 g/mol. The summed E-state index contributed by atoms with van der Waals surface area (Å²) in [4.78, 5) is 0. The summed E-state index contributed by atoms with van der Waals surface area (Å²) in [7, 11) is 0. The second-order valence-electron chi connectivity index (χ2n) is 6.64. The van der Waals surface area contributed by atoms with Gasteiger partial charge in [0.1, 0.15) is 18.1 Å². The minimum absolute atomic E-state index is 0.0586. The van der Waals surface area contributed by atoms with E-state index in [1.807, 2.05) is 12.1 Å². The van der Waals surface area contributed by atoms with E-state index < -0.39 is 11.7 Å². The lowest BCUT2D eigenvalue weighted by Gasteiger charge is -2.14. The average molecular weight is 396 g/mol. The SMILES string of the molecule is CCCCCc1cc(OCc2cccc(C(F)(F)F)c2)ccc1OCCCO. The molecule has 28 heavy (non-hydrogen) atoms. The smallest absolute Gasteiger partial charge is 0.416 e. The van der Waals surface area contributed by atoms with Crippen LogP contribution in [0.1, 0.15) is 49.3 Å². The molecule has 3 nitrogen and oxygen atoms in total. The summed E-state index contributed by atoms with van der Waals surface area (Å²) in [5.41, 5.74) is 0.792. The van der Waals surface area contributed by atoms with Crippen LogP contribution >= 0.6 is 0 Å². The van der Waals surface area contributed by atoms with Crippen LogP contribution in [0.25, 0.3) is 0 Å². The minimum atomic E-state index is -4.37. The molecule has 0 heterocycles. The van der Waals surface area contributed by atoms with Crippen molar-refractivity contribution in [2.75, 3.05) is 13.2 Å². The first-order valence-electron chi connectivity index (χ1n) is 9.59. The van der Waals surface area contributed by atoms with Crippen LogP contribution in [-0.4, -0.2) is 18.3 Å². The van der Waals surface area contributed by atoms with Gasteiger partial charge in [0.25, 0.3) is 0 Å². The van der Waals surface area contributed by atoms with Crippen LogP contribution in [0.2, 0.25) is 0 Å². The summed E-state index contributed by atoms with van der Waals surface area (Å²) in [5, 5.41) is 8.91. The van der Waals surface area contributed by atoms with E-state index in [2.05, 4.69) is 6.92 Å². The number of benzene rings is 2. The summed E-state index contributed by atoms with van der Waals surface area (Å²) in [5.74, 6) is 1.36. The molecule has 0 atom stereocenters. The topological polar surface area (TPSA) is 38.7 Å². The maximum Gasteiger partial charge on any atom is 0.416 e. The van der Waals surface area contributed by atoms with Crippen molar-refractivity contribution < 1.29 is 27.8 Å². The zero-order chi connectivity index (χ0) is 20.4. The molecule has 0 aliphatic rings. The second-order valence-corrected chi connectivity index (χ2v) is 6.64. The van der Waals surface area contributed by atoms with Crippen molar-refractivity contribution in [1.29, 1.82) is 0 Å². The second kappa shape index (κ2) is 11.0. The lowest BCUT2D eigenvalue weighted by Crippen LogP contribution is -2.06. The molecule has 1 N–H and O–H groups in total. The highest BCUT2D eigenvalue weighted by atomic mass is 19.4. The first kappa shape index (κ1) is 22.1. The van der Waals surface area contributed by atoms with Crippen LogP contribution < -0.4 is 9.47 Å². The molecule has 6 heteroatoms. The summed E-state index contributed by atoms with van der Waals surface area (Å²) in [6.45, 7) is 2.70. The number of aliphatic hydroxyl groups is 1. The zero-order valence-electron chi connectivity index (χ0n) is 16.1. The molecule has 0 bridgehead atoms. The summed E-state index contributed by atoms with van der Waals surface area (Å²) >= 11 is 0. The van der Waals surface area contributed by atoms with Gasteiger partial charge in [-0.2, -0.15) is 13.2 Å². The van der Waals surface area contributed by atoms with Crippen molar-refractivity contribution in [3.63, 3.8) is 0 Å². The van der Waals surface area contributed by atoms with E-state index in [1.165, 1.54) is 6.07 Å². The number of unbranched alkanes of at least 4 members (excludes halogenated alkanes) is 2. The van der Waals surface area contributed by atoms with E-state index >= 15 is 0 Å². The fraction of sp³-hybridized carbons (Fsp3) is 0.455. The third kappa shape index (κ3) is 7.08. The molecule has 0 radical (unpaired) electrons. The van der Waals surface area contributed by atoms with Crippen LogP contribution in [0.15, 0.2) is 42.5 Å². The van der Waals surface area contributed by atoms with Gasteiger partial charge in [0.15, 0.2) is 0 Å². The van der Waals surface area contributed by atoms with E-state index in [0.717, 1.165) is 49.1 Å². The molecule has 0 unspecified atom stereocenters. The molecule has 0 saturated heterocycles. The number of aryl methyl sites for hydroxylation is 1. The molecule has 154 valence electrons. The van der Waals surface area contributed by atoms with Gasteiger partial charge in [0.05, 0.1) is 12.2 Å². The van der Waals surface area contributed by atoms with Crippen molar-refractivity contribution in [1.82, 2.24) is 0 Å². The van der Waals surface area contributed by atoms with Gasteiger partial charge in [0, 0.05) is 13.0 Å². The number of halogens is 3. The Labute approximate surface area is 164 Å². The quantitative estimate of drug-likeness (QED) is 0.490. The highest BCUT2D eigenvalue weighted by molar-refractivity contribution is 5.40. The van der Waals surface area contributed by atoms with Crippen molar-refractivity contribution in [2.45, 2.75) is 51.8 Å². The number of hydrogen-bond acceptors (Lipinski definition) is 3. The van der Waals surface area contributed by atoms with Gasteiger partial charge in [-0.1, -0.05) is 31.9 Å². The maximum absolute atomic E-state index is 12.8. The molecule has 0 saturated carbocycles. The van der Waals surface area contributed by atoms with Crippen LogP contribution in [0.3, 0.4) is 0 Å². The fourth-order valence-corrected chi connectivity index (χ4v) is 2.80. The van der Waals surface area contributed by atoms with E-state index in [0.29, 0.717) is 24.3 Å².